The van der Waals surface area contributed by atoms with Gasteiger partial charge in [0.1, 0.15) is 11.6 Å². The molecular weight excluding hydrogens is 270 g/mol. The second kappa shape index (κ2) is 6.84. The van der Waals surface area contributed by atoms with Crippen LogP contribution in [0.4, 0.5) is 8.78 Å². The van der Waals surface area contributed by atoms with Crippen LogP contribution in [0.2, 0.25) is 0 Å². The summed E-state index contributed by atoms with van der Waals surface area (Å²) in [6.07, 6.45) is 7.43. The van der Waals surface area contributed by atoms with Crippen LogP contribution in [0.25, 0.3) is 0 Å². The zero-order valence-corrected chi connectivity index (χ0v) is 12.4. The molecule has 0 aromatic heterocycles. The largest absolute Gasteiger partial charge is 0.314 e. The summed E-state index contributed by atoms with van der Waals surface area (Å²) in [4.78, 5) is 0. The van der Waals surface area contributed by atoms with Gasteiger partial charge in [0.25, 0.3) is 0 Å². The lowest BCUT2D eigenvalue weighted by Gasteiger charge is -2.33. The Morgan fingerprint density at radius 1 is 1.10 bits per heavy atom. The van der Waals surface area contributed by atoms with E-state index in [-0.39, 0.29) is 11.6 Å². The van der Waals surface area contributed by atoms with Gasteiger partial charge in [-0.3, -0.25) is 0 Å². The summed E-state index contributed by atoms with van der Waals surface area (Å²) >= 11 is 0. The van der Waals surface area contributed by atoms with Crippen LogP contribution in [0.5, 0.6) is 0 Å². The third kappa shape index (κ3) is 3.61. The van der Waals surface area contributed by atoms with Crippen molar-refractivity contribution >= 4 is 0 Å². The van der Waals surface area contributed by atoms with Gasteiger partial charge < -0.3 is 10.6 Å². The zero-order chi connectivity index (χ0) is 14.7. The first-order valence-corrected chi connectivity index (χ1v) is 8.15. The van der Waals surface area contributed by atoms with Gasteiger partial charge in [0, 0.05) is 24.2 Å². The first-order valence-electron chi connectivity index (χ1n) is 8.15. The fraction of sp³-hybridized carbons (Fsp3) is 0.647. The summed E-state index contributed by atoms with van der Waals surface area (Å²) in [6.45, 7) is 1.53. The van der Waals surface area contributed by atoms with Crippen LogP contribution in [0, 0.1) is 17.6 Å². The minimum atomic E-state index is -0.370. The van der Waals surface area contributed by atoms with Gasteiger partial charge >= 0.3 is 0 Å². The number of benzene rings is 1. The molecule has 3 rings (SSSR count). The van der Waals surface area contributed by atoms with E-state index in [4.69, 9.17) is 0 Å². The van der Waals surface area contributed by atoms with Gasteiger partial charge in [-0.2, -0.15) is 0 Å². The number of rotatable bonds is 4. The fourth-order valence-electron chi connectivity index (χ4n) is 3.89. The summed E-state index contributed by atoms with van der Waals surface area (Å²) in [5, 5.41) is 7.10. The molecule has 3 atom stereocenters. The molecule has 2 fully saturated rings. The Hall–Kier alpha value is -1.00. The van der Waals surface area contributed by atoms with E-state index in [0.717, 1.165) is 13.0 Å². The second-order valence-corrected chi connectivity index (χ2v) is 6.37. The van der Waals surface area contributed by atoms with Gasteiger partial charge in [-0.05, 0) is 56.3 Å². The Kier molecular flexibility index (Phi) is 4.86. The van der Waals surface area contributed by atoms with Crippen molar-refractivity contribution in [1.29, 1.82) is 0 Å². The predicted molar refractivity (Wildman–Crippen MR) is 80.0 cm³/mol. The van der Waals surface area contributed by atoms with E-state index in [1.54, 1.807) is 0 Å². The van der Waals surface area contributed by atoms with Gasteiger partial charge in [-0.15, -0.1) is 0 Å². The highest BCUT2D eigenvalue weighted by atomic mass is 19.1. The average Bonchev–Trinajstić information content (AvgIpc) is 2.97. The normalized spacial score (nSPS) is 29.7. The minimum absolute atomic E-state index is 0.325. The van der Waals surface area contributed by atoms with Crippen LogP contribution in [0.15, 0.2) is 18.2 Å². The molecule has 1 aromatic rings. The standard InChI is InChI=1S/C17H24F2N2/c18-13-7-8-15(19)12(10-13)11-21-17-6-3-4-14(17)16-5-1-2-9-20-16/h7-8,10,14,16-17,20-21H,1-6,9,11H2. The van der Waals surface area contributed by atoms with Gasteiger partial charge in [-0.1, -0.05) is 12.8 Å². The lowest BCUT2D eigenvalue weighted by molar-refractivity contribution is 0.256. The maximum atomic E-state index is 13.7. The number of hydrogen-bond donors (Lipinski definition) is 2. The smallest absolute Gasteiger partial charge is 0.127 e. The van der Waals surface area contributed by atoms with E-state index in [1.165, 1.54) is 50.3 Å². The number of nitrogens with one attached hydrogen (secondary N) is 2. The molecule has 0 radical (unpaired) electrons. The van der Waals surface area contributed by atoms with Crippen molar-refractivity contribution in [2.24, 2.45) is 5.92 Å². The Labute approximate surface area is 125 Å². The minimum Gasteiger partial charge on any atom is -0.314 e. The molecule has 2 N–H and O–H groups in total. The highest BCUT2D eigenvalue weighted by molar-refractivity contribution is 5.18. The molecule has 3 unspecified atom stereocenters. The lowest BCUT2D eigenvalue weighted by Crippen LogP contribution is -2.46. The third-order valence-electron chi connectivity index (χ3n) is 5.00. The maximum Gasteiger partial charge on any atom is 0.127 e. The third-order valence-corrected chi connectivity index (χ3v) is 5.00. The Morgan fingerprint density at radius 2 is 2.00 bits per heavy atom. The highest BCUT2D eigenvalue weighted by Gasteiger charge is 2.33. The first-order chi connectivity index (χ1) is 10.2. The number of halogens is 2. The molecule has 2 aliphatic rings. The molecule has 1 aromatic carbocycles. The van der Waals surface area contributed by atoms with E-state index in [1.807, 2.05) is 0 Å². The van der Waals surface area contributed by atoms with Gasteiger partial charge in [-0.25, -0.2) is 8.78 Å². The van der Waals surface area contributed by atoms with Crippen LogP contribution in [0.1, 0.15) is 44.1 Å². The van der Waals surface area contributed by atoms with Crippen LogP contribution >= 0.6 is 0 Å². The summed E-state index contributed by atoms with van der Waals surface area (Å²) in [5.41, 5.74) is 0.428. The van der Waals surface area contributed by atoms with Gasteiger partial charge in [0.2, 0.25) is 0 Å². The molecule has 0 spiro atoms. The Morgan fingerprint density at radius 3 is 2.81 bits per heavy atom. The molecule has 1 aliphatic carbocycles. The molecule has 0 amide bonds. The van der Waals surface area contributed by atoms with Crippen LogP contribution in [-0.2, 0) is 6.54 Å². The maximum absolute atomic E-state index is 13.7. The summed E-state index contributed by atoms with van der Waals surface area (Å²) in [5.74, 6) is -0.0683. The molecular formula is C17H24F2N2. The molecule has 1 heterocycles. The van der Waals surface area contributed by atoms with E-state index in [2.05, 4.69) is 10.6 Å². The van der Waals surface area contributed by atoms with Gasteiger partial charge in [0.15, 0.2) is 0 Å². The molecule has 1 aliphatic heterocycles. The van der Waals surface area contributed by atoms with Crippen molar-refractivity contribution in [2.75, 3.05) is 6.54 Å². The van der Waals surface area contributed by atoms with Gasteiger partial charge in [0.05, 0.1) is 0 Å². The van der Waals surface area contributed by atoms with E-state index < -0.39 is 0 Å². The lowest BCUT2D eigenvalue weighted by atomic mass is 9.88. The quantitative estimate of drug-likeness (QED) is 0.889. The van der Waals surface area contributed by atoms with Crippen molar-refractivity contribution in [1.82, 2.24) is 10.6 Å². The summed E-state index contributed by atoms with van der Waals surface area (Å²) in [7, 11) is 0. The molecule has 0 bridgehead atoms. The average molecular weight is 294 g/mol. The zero-order valence-electron chi connectivity index (χ0n) is 12.4. The van der Waals surface area contributed by atoms with Crippen LogP contribution in [0.3, 0.4) is 0 Å². The molecule has 2 nitrogen and oxygen atoms in total. The second-order valence-electron chi connectivity index (χ2n) is 6.37. The van der Waals surface area contributed by atoms with Crippen molar-refractivity contribution in [3.8, 4) is 0 Å². The van der Waals surface area contributed by atoms with E-state index in [9.17, 15) is 8.78 Å². The van der Waals surface area contributed by atoms with Crippen molar-refractivity contribution in [3.63, 3.8) is 0 Å². The summed E-state index contributed by atoms with van der Waals surface area (Å²) < 4.78 is 26.9. The van der Waals surface area contributed by atoms with Crippen LogP contribution in [-0.4, -0.2) is 18.6 Å². The summed E-state index contributed by atoms with van der Waals surface area (Å²) in [6, 6.07) is 4.69. The number of piperidine rings is 1. The Bertz CT molecular complexity index is 472. The topological polar surface area (TPSA) is 24.1 Å². The molecule has 116 valence electrons. The Balaban J connectivity index is 1.59. The molecule has 1 saturated carbocycles. The van der Waals surface area contributed by atoms with Crippen LogP contribution < -0.4 is 10.6 Å². The monoisotopic (exact) mass is 294 g/mol. The van der Waals surface area contributed by atoms with Crippen molar-refractivity contribution in [2.45, 2.75) is 57.2 Å². The van der Waals surface area contributed by atoms with Crippen molar-refractivity contribution < 1.29 is 8.78 Å². The highest BCUT2D eigenvalue weighted by Crippen LogP contribution is 2.32. The molecule has 21 heavy (non-hydrogen) atoms. The van der Waals surface area contributed by atoms with E-state index in [0.29, 0.717) is 30.1 Å². The fourth-order valence-corrected chi connectivity index (χ4v) is 3.89. The van der Waals surface area contributed by atoms with Crippen molar-refractivity contribution in [3.05, 3.63) is 35.4 Å². The van der Waals surface area contributed by atoms with E-state index >= 15 is 0 Å². The first kappa shape index (κ1) is 14.9. The molecule has 1 saturated heterocycles. The number of hydrogen-bond acceptors (Lipinski definition) is 2. The SMILES string of the molecule is Fc1ccc(F)c(CNC2CCCC2C2CCCCN2)c1. The predicted octanol–water partition coefficient (Wildman–Crippen LogP) is 3.37. The molecule has 4 heteroatoms.